The van der Waals surface area contributed by atoms with Crippen molar-refractivity contribution in [3.63, 3.8) is 0 Å². The standard InChI is InChI=1S/C19H25N5O2/c25-18(26)7-6-15-12-16-13-23(10-3-11-24(16)22-15)19-20-9-8-17(21-19)14-4-1-2-5-14/h8-9,12,14H,1-7,10-11,13H2,(H,25,26). The molecule has 2 aliphatic rings. The van der Waals surface area contributed by atoms with Crippen LogP contribution in [0.2, 0.25) is 0 Å². The largest absolute Gasteiger partial charge is 0.481 e. The van der Waals surface area contributed by atoms with Gasteiger partial charge in [0.15, 0.2) is 0 Å². The molecule has 0 spiro atoms. The van der Waals surface area contributed by atoms with Crippen LogP contribution in [0.15, 0.2) is 18.3 Å². The highest BCUT2D eigenvalue weighted by atomic mass is 16.4. The highest BCUT2D eigenvalue weighted by Crippen LogP contribution is 2.33. The van der Waals surface area contributed by atoms with Crippen molar-refractivity contribution in [3.8, 4) is 0 Å². The molecule has 3 heterocycles. The van der Waals surface area contributed by atoms with Gasteiger partial charge in [-0.3, -0.25) is 9.48 Å². The third-order valence-corrected chi connectivity index (χ3v) is 5.38. The van der Waals surface area contributed by atoms with Crippen LogP contribution in [0, 0.1) is 0 Å². The normalized spacial score (nSPS) is 17.9. The Labute approximate surface area is 153 Å². The summed E-state index contributed by atoms with van der Waals surface area (Å²) in [6.07, 6.45) is 8.51. The van der Waals surface area contributed by atoms with E-state index in [1.54, 1.807) is 0 Å². The van der Waals surface area contributed by atoms with Crippen molar-refractivity contribution in [1.82, 2.24) is 19.7 Å². The van der Waals surface area contributed by atoms with Crippen LogP contribution in [0.3, 0.4) is 0 Å². The number of hydrogen-bond donors (Lipinski definition) is 1. The summed E-state index contributed by atoms with van der Waals surface area (Å²) in [5, 5.41) is 13.4. The Morgan fingerprint density at radius 2 is 2.08 bits per heavy atom. The van der Waals surface area contributed by atoms with Crippen molar-refractivity contribution in [1.29, 1.82) is 0 Å². The quantitative estimate of drug-likeness (QED) is 0.888. The lowest BCUT2D eigenvalue weighted by Gasteiger charge is -2.21. The first-order valence-electron chi connectivity index (χ1n) is 9.54. The van der Waals surface area contributed by atoms with Crippen LogP contribution in [0.4, 0.5) is 5.95 Å². The number of aliphatic carboxylic acids is 1. The molecule has 1 aliphatic carbocycles. The fraction of sp³-hybridized carbons (Fsp3) is 0.579. The van der Waals surface area contributed by atoms with Gasteiger partial charge in [-0.15, -0.1) is 0 Å². The van der Waals surface area contributed by atoms with Crippen LogP contribution >= 0.6 is 0 Å². The molecule has 2 aromatic rings. The first kappa shape index (κ1) is 17.0. The van der Waals surface area contributed by atoms with Crippen molar-refractivity contribution >= 4 is 11.9 Å². The van der Waals surface area contributed by atoms with E-state index in [4.69, 9.17) is 10.1 Å². The average Bonchev–Trinajstić information content (AvgIpc) is 3.26. The van der Waals surface area contributed by atoms with Gasteiger partial charge < -0.3 is 10.0 Å². The topological polar surface area (TPSA) is 84.1 Å². The molecule has 0 bridgehead atoms. The van der Waals surface area contributed by atoms with E-state index in [-0.39, 0.29) is 6.42 Å². The maximum atomic E-state index is 10.8. The van der Waals surface area contributed by atoms with E-state index < -0.39 is 5.97 Å². The Balaban J connectivity index is 1.51. The van der Waals surface area contributed by atoms with Crippen molar-refractivity contribution in [2.24, 2.45) is 0 Å². The molecule has 1 saturated carbocycles. The van der Waals surface area contributed by atoms with Gasteiger partial charge in [0.2, 0.25) is 5.95 Å². The summed E-state index contributed by atoms with van der Waals surface area (Å²) in [4.78, 5) is 22.4. The lowest BCUT2D eigenvalue weighted by molar-refractivity contribution is -0.136. The Morgan fingerprint density at radius 1 is 1.23 bits per heavy atom. The van der Waals surface area contributed by atoms with Gasteiger partial charge in [-0.1, -0.05) is 12.8 Å². The van der Waals surface area contributed by atoms with Gasteiger partial charge in [0.1, 0.15) is 0 Å². The van der Waals surface area contributed by atoms with Gasteiger partial charge in [-0.25, -0.2) is 9.97 Å². The zero-order chi connectivity index (χ0) is 17.9. The summed E-state index contributed by atoms with van der Waals surface area (Å²) in [5.41, 5.74) is 3.13. The molecule has 7 heteroatoms. The molecular weight excluding hydrogens is 330 g/mol. The van der Waals surface area contributed by atoms with Crippen molar-refractivity contribution in [2.75, 3.05) is 11.4 Å². The van der Waals surface area contributed by atoms with E-state index in [2.05, 4.69) is 21.0 Å². The summed E-state index contributed by atoms with van der Waals surface area (Å²) in [6.45, 7) is 2.47. The van der Waals surface area contributed by atoms with Crippen molar-refractivity contribution in [3.05, 3.63) is 35.4 Å². The monoisotopic (exact) mass is 355 g/mol. The van der Waals surface area contributed by atoms with Crippen LogP contribution in [0.5, 0.6) is 0 Å². The molecule has 0 atom stereocenters. The minimum absolute atomic E-state index is 0.118. The van der Waals surface area contributed by atoms with Crippen LogP contribution in [-0.2, 0) is 24.3 Å². The number of carbonyl (C=O) groups is 1. The predicted octanol–water partition coefficient (Wildman–Crippen LogP) is 2.76. The number of hydrogen-bond acceptors (Lipinski definition) is 5. The maximum Gasteiger partial charge on any atom is 0.303 e. The number of carboxylic acid groups (broad SMARTS) is 1. The molecule has 2 aromatic heterocycles. The third kappa shape index (κ3) is 3.71. The van der Waals surface area contributed by atoms with E-state index >= 15 is 0 Å². The average molecular weight is 355 g/mol. The maximum absolute atomic E-state index is 10.8. The molecule has 7 nitrogen and oxygen atoms in total. The Bertz CT molecular complexity index is 782. The summed E-state index contributed by atoms with van der Waals surface area (Å²) < 4.78 is 2.01. The predicted molar refractivity (Wildman–Crippen MR) is 97.1 cm³/mol. The second-order valence-electron chi connectivity index (χ2n) is 7.28. The SMILES string of the molecule is O=C(O)CCc1cc2n(n1)CCCN(c1nccc(C3CCCC3)n1)C2. The highest BCUT2D eigenvalue weighted by molar-refractivity contribution is 5.66. The number of aryl methyl sites for hydroxylation is 2. The Kier molecular flexibility index (Phi) is 4.86. The van der Waals surface area contributed by atoms with Gasteiger partial charge in [0, 0.05) is 37.3 Å². The molecular formula is C19H25N5O2. The summed E-state index contributed by atoms with van der Waals surface area (Å²) in [7, 11) is 0. The number of nitrogens with zero attached hydrogens (tertiary/aromatic N) is 5. The molecule has 0 radical (unpaired) electrons. The van der Waals surface area contributed by atoms with Crippen LogP contribution in [0.25, 0.3) is 0 Å². The zero-order valence-electron chi connectivity index (χ0n) is 15.0. The minimum atomic E-state index is -0.785. The van der Waals surface area contributed by atoms with Gasteiger partial charge in [0.25, 0.3) is 0 Å². The molecule has 1 N–H and O–H groups in total. The molecule has 4 rings (SSSR count). The summed E-state index contributed by atoms with van der Waals surface area (Å²) >= 11 is 0. The number of anilines is 1. The number of aromatic nitrogens is 4. The van der Waals surface area contributed by atoms with Gasteiger partial charge >= 0.3 is 5.97 Å². The van der Waals surface area contributed by atoms with Crippen molar-refractivity contribution < 1.29 is 9.90 Å². The molecule has 138 valence electrons. The van der Waals surface area contributed by atoms with E-state index in [9.17, 15) is 4.79 Å². The Morgan fingerprint density at radius 3 is 2.88 bits per heavy atom. The smallest absolute Gasteiger partial charge is 0.303 e. The van der Waals surface area contributed by atoms with Crippen LogP contribution in [-0.4, -0.2) is 37.4 Å². The number of carboxylic acids is 1. The van der Waals surface area contributed by atoms with E-state index in [0.717, 1.165) is 36.8 Å². The van der Waals surface area contributed by atoms with E-state index in [0.29, 0.717) is 18.9 Å². The lowest BCUT2D eigenvalue weighted by Crippen LogP contribution is -2.25. The molecule has 26 heavy (non-hydrogen) atoms. The van der Waals surface area contributed by atoms with Crippen molar-refractivity contribution in [2.45, 2.75) is 64.0 Å². The fourth-order valence-electron chi connectivity index (χ4n) is 4.01. The molecule has 0 amide bonds. The highest BCUT2D eigenvalue weighted by Gasteiger charge is 2.22. The summed E-state index contributed by atoms with van der Waals surface area (Å²) in [5.74, 6) is 0.597. The minimum Gasteiger partial charge on any atom is -0.481 e. The first-order valence-corrected chi connectivity index (χ1v) is 9.54. The lowest BCUT2D eigenvalue weighted by atomic mass is 10.0. The van der Waals surface area contributed by atoms with E-state index in [1.165, 1.54) is 31.4 Å². The molecule has 0 saturated heterocycles. The molecule has 1 fully saturated rings. The van der Waals surface area contributed by atoms with E-state index in [1.807, 2.05) is 16.9 Å². The Hall–Kier alpha value is -2.44. The molecule has 0 unspecified atom stereocenters. The summed E-state index contributed by atoms with van der Waals surface area (Å²) in [6, 6.07) is 4.09. The second-order valence-corrected chi connectivity index (χ2v) is 7.28. The number of rotatable bonds is 5. The third-order valence-electron chi connectivity index (χ3n) is 5.38. The zero-order valence-corrected chi connectivity index (χ0v) is 15.0. The first-order chi connectivity index (χ1) is 12.7. The fourth-order valence-corrected chi connectivity index (χ4v) is 4.01. The van der Waals surface area contributed by atoms with Gasteiger partial charge in [-0.05, 0) is 31.4 Å². The van der Waals surface area contributed by atoms with Crippen LogP contribution < -0.4 is 4.90 Å². The van der Waals surface area contributed by atoms with Gasteiger partial charge in [0.05, 0.1) is 24.4 Å². The van der Waals surface area contributed by atoms with Gasteiger partial charge in [-0.2, -0.15) is 5.10 Å². The van der Waals surface area contributed by atoms with Crippen LogP contribution in [0.1, 0.15) is 61.5 Å². The molecule has 0 aromatic carbocycles. The molecule has 1 aliphatic heterocycles. The second kappa shape index (κ2) is 7.43. The number of fused-ring (bicyclic) bond motifs is 1.